The average molecular weight is 245 g/mol. The van der Waals surface area contributed by atoms with Crippen LogP contribution in [0.1, 0.15) is 34.6 Å². The number of allylic oxidation sites excluding steroid dienone is 2. The maximum Gasteiger partial charge on any atom is 0.151 e. The Morgan fingerprint density at radius 2 is 1.24 bits per heavy atom. The summed E-state index contributed by atoms with van der Waals surface area (Å²) in [6.45, 7) is 6.29. The molecule has 6 nitrogen and oxygen atoms in total. The van der Waals surface area contributed by atoms with Crippen molar-refractivity contribution in [2.75, 3.05) is 0 Å². The largest absolute Gasteiger partial charge is 0.876 e. The van der Waals surface area contributed by atoms with Gasteiger partial charge in [0.1, 0.15) is 5.78 Å². The minimum Gasteiger partial charge on any atom is -0.876 e. The average Bonchev–Trinajstić information content (AvgIpc) is 2.00. The zero-order valence-electron chi connectivity index (χ0n) is 10.6. The third-order valence-corrected chi connectivity index (χ3v) is 0.979. The lowest BCUT2D eigenvalue weighted by Crippen LogP contribution is -2.28. The SMILES string of the molecule is CC(=O)/C=C(\C)[O-].CC(=O)C(C)[O-].CC(=O)[O-]. The molecule has 0 fully saturated rings. The second-order valence-corrected chi connectivity index (χ2v) is 3.11. The van der Waals surface area contributed by atoms with Crippen molar-refractivity contribution in [3.05, 3.63) is 11.8 Å². The maximum atomic E-state index is 9.98. The number of hydrogen-bond donors (Lipinski definition) is 0. The first-order valence-corrected chi connectivity index (χ1v) is 4.70. The van der Waals surface area contributed by atoms with Crippen molar-refractivity contribution in [2.24, 2.45) is 0 Å². The Balaban J connectivity index is -0.000000180. The van der Waals surface area contributed by atoms with Gasteiger partial charge < -0.3 is 24.9 Å². The highest BCUT2D eigenvalue weighted by Crippen LogP contribution is 1.77. The predicted octanol–water partition coefficient (Wildman–Crippen LogP) is -2.08. The first-order valence-electron chi connectivity index (χ1n) is 4.70. The zero-order chi connectivity index (χ0) is 14.6. The zero-order valence-corrected chi connectivity index (χ0v) is 10.6. The summed E-state index contributed by atoms with van der Waals surface area (Å²) >= 11 is 0. The van der Waals surface area contributed by atoms with Crippen molar-refractivity contribution in [3.8, 4) is 0 Å². The predicted molar refractivity (Wildman–Crippen MR) is 55.3 cm³/mol. The number of Topliss-reactive ketones (excluding diaryl/α,β-unsaturated/α-hetero) is 1. The molecule has 0 aromatic carbocycles. The van der Waals surface area contributed by atoms with E-state index in [9.17, 15) is 19.8 Å². The minimum atomic E-state index is -1.08. The summed E-state index contributed by atoms with van der Waals surface area (Å²) in [5.74, 6) is -1.75. The van der Waals surface area contributed by atoms with E-state index in [4.69, 9.17) is 9.90 Å². The van der Waals surface area contributed by atoms with Crippen LogP contribution >= 0.6 is 0 Å². The van der Waals surface area contributed by atoms with Gasteiger partial charge in [-0.3, -0.25) is 4.79 Å². The van der Waals surface area contributed by atoms with Gasteiger partial charge in [-0.05, 0) is 26.8 Å². The van der Waals surface area contributed by atoms with Gasteiger partial charge in [-0.2, -0.15) is 0 Å². The van der Waals surface area contributed by atoms with Crippen LogP contribution in [-0.4, -0.2) is 23.6 Å². The van der Waals surface area contributed by atoms with Gasteiger partial charge >= 0.3 is 0 Å². The summed E-state index contributed by atoms with van der Waals surface area (Å²) in [6, 6.07) is 0. The first kappa shape index (κ1) is 20.7. The Morgan fingerprint density at radius 1 is 1.00 bits per heavy atom. The van der Waals surface area contributed by atoms with E-state index < -0.39 is 12.1 Å². The molecule has 0 aromatic rings. The Labute approximate surface area is 101 Å². The van der Waals surface area contributed by atoms with Crippen LogP contribution in [0.3, 0.4) is 0 Å². The minimum absolute atomic E-state index is 0.187. The molecular formula is C11H17O6-3. The molecule has 0 aromatic heterocycles. The van der Waals surface area contributed by atoms with Crippen molar-refractivity contribution >= 4 is 17.5 Å². The topological polar surface area (TPSA) is 120 Å². The van der Waals surface area contributed by atoms with Gasteiger partial charge in [0.05, 0.1) is 0 Å². The van der Waals surface area contributed by atoms with Gasteiger partial charge in [0.15, 0.2) is 5.78 Å². The number of carboxylic acid groups (broad SMARTS) is 1. The molecule has 0 aliphatic rings. The number of rotatable bonds is 2. The summed E-state index contributed by atoms with van der Waals surface area (Å²) in [4.78, 5) is 28.7. The van der Waals surface area contributed by atoms with Gasteiger partial charge in [-0.1, -0.05) is 20.0 Å². The van der Waals surface area contributed by atoms with E-state index in [2.05, 4.69) is 0 Å². The Kier molecular flexibility index (Phi) is 15.1. The highest BCUT2D eigenvalue weighted by Gasteiger charge is 1.86. The second kappa shape index (κ2) is 12.4. The van der Waals surface area contributed by atoms with E-state index >= 15 is 0 Å². The number of carbonyl (C=O) groups is 3. The van der Waals surface area contributed by atoms with E-state index in [1.165, 1.54) is 27.7 Å². The Morgan fingerprint density at radius 3 is 1.24 bits per heavy atom. The van der Waals surface area contributed by atoms with Crippen LogP contribution in [0.2, 0.25) is 0 Å². The van der Waals surface area contributed by atoms with Gasteiger partial charge in [-0.25, -0.2) is 0 Å². The van der Waals surface area contributed by atoms with Crippen LogP contribution in [0.25, 0.3) is 0 Å². The van der Waals surface area contributed by atoms with Crippen LogP contribution in [0.15, 0.2) is 11.8 Å². The first-order chi connectivity index (χ1) is 7.50. The van der Waals surface area contributed by atoms with E-state index in [1.807, 2.05) is 0 Å². The van der Waals surface area contributed by atoms with Crippen molar-refractivity contribution in [1.82, 2.24) is 0 Å². The van der Waals surface area contributed by atoms with Crippen LogP contribution in [0.5, 0.6) is 0 Å². The molecule has 0 aliphatic heterocycles. The summed E-state index contributed by atoms with van der Waals surface area (Å²) in [5, 5.41) is 28.7. The van der Waals surface area contributed by atoms with Gasteiger partial charge in [0.25, 0.3) is 0 Å². The normalized spacial score (nSPS) is 11.1. The van der Waals surface area contributed by atoms with Crippen molar-refractivity contribution < 1.29 is 29.7 Å². The molecule has 0 amide bonds. The number of carbonyl (C=O) groups excluding carboxylic acids is 3. The number of aliphatic carboxylic acids is 1. The lowest BCUT2D eigenvalue weighted by Gasteiger charge is -2.08. The van der Waals surface area contributed by atoms with Crippen LogP contribution in [-0.2, 0) is 14.4 Å². The highest BCUT2D eigenvalue weighted by atomic mass is 16.4. The van der Waals surface area contributed by atoms with Gasteiger partial charge in [-0.15, -0.1) is 5.76 Å². The number of carboxylic acids is 1. The second-order valence-electron chi connectivity index (χ2n) is 3.11. The van der Waals surface area contributed by atoms with Gasteiger partial charge in [0.2, 0.25) is 0 Å². The molecule has 0 spiro atoms. The molecule has 0 rings (SSSR count). The van der Waals surface area contributed by atoms with E-state index in [1.54, 1.807) is 0 Å². The summed E-state index contributed by atoms with van der Waals surface area (Å²) in [6.07, 6.45) is 0.0185. The van der Waals surface area contributed by atoms with Crippen molar-refractivity contribution in [1.29, 1.82) is 0 Å². The fraction of sp³-hybridized carbons (Fsp3) is 0.545. The third-order valence-electron chi connectivity index (χ3n) is 0.979. The Bertz CT molecular complexity index is 270. The molecule has 6 heteroatoms. The summed E-state index contributed by atoms with van der Waals surface area (Å²) < 4.78 is 0. The molecule has 100 valence electrons. The monoisotopic (exact) mass is 245 g/mol. The number of ketones is 2. The molecule has 0 N–H and O–H groups in total. The van der Waals surface area contributed by atoms with Gasteiger partial charge in [0, 0.05) is 5.97 Å². The molecule has 0 saturated heterocycles. The molecule has 0 heterocycles. The third kappa shape index (κ3) is 54.5. The van der Waals surface area contributed by atoms with Crippen LogP contribution in [0.4, 0.5) is 0 Å². The molecule has 0 bridgehead atoms. The molecule has 0 saturated carbocycles. The lowest BCUT2D eigenvalue weighted by molar-refractivity contribution is -0.397. The van der Waals surface area contributed by atoms with Crippen molar-refractivity contribution in [3.63, 3.8) is 0 Å². The fourth-order valence-electron chi connectivity index (χ4n) is 0.286. The van der Waals surface area contributed by atoms with Crippen LogP contribution in [0, 0.1) is 0 Å². The summed E-state index contributed by atoms with van der Waals surface area (Å²) in [5.41, 5.74) is 0. The van der Waals surface area contributed by atoms with Crippen molar-refractivity contribution in [2.45, 2.75) is 40.7 Å². The molecule has 0 aliphatic carbocycles. The molecule has 1 atom stereocenters. The van der Waals surface area contributed by atoms with E-state index in [-0.39, 0.29) is 17.3 Å². The highest BCUT2D eigenvalue weighted by molar-refractivity contribution is 5.87. The molecule has 1 unspecified atom stereocenters. The fourth-order valence-corrected chi connectivity index (χ4v) is 0.286. The van der Waals surface area contributed by atoms with E-state index in [0.717, 1.165) is 13.0 Å². The molecular weight excluding hydrogens is 228 g/mol. The van der Waals surface area contributed by atoms with Crippen LogP contribution < -0.4 is 15.3 Å². The number of hydrogen-bond acceptors (Lipinski definition) is 6. The van der Waals surface area contributed by atoms with E-state index in [0.29, 0.717) is 0 Å². The Hall–Kier alpha value is -1.69. The summed E-state index contributed by atoms with van der Waals surface area (Å²) in [7, 11) is 0. The lowest BCUT2D eigenvalue weighted by atomic mass is 10.3. The standard InChI is InChI=1S/C5H8O2.C4H7O2.C2H4O2/c1-4(6)3-5(2)7;1-3(5)4(2)6;1-2(3)4/h3,6H,1-2H3;3H,1-2H3;1H3,(H,3,4)/q;-1;/p-2/b4-3+;;. The molecule has 0 radical (unpaired) electrons. The maximum absolute atomic E-state index is 9.98. The molecule has 17 heavy (non-hydrogen) atoms. The smallest absolute Gasteiger partial charge is 0.151 e. The quantitative estimate of drug-likeness (QED) is 0.406.